The minimum atomic E-state index is -4.22. The molecule has 0 aliphatic carbocycles. The van der Waals surface area contributed by atoms with Gasteiger partial charge in [-0.15, -0.1) is 11.3 Å². The zero-order valence-corrected chi connectivity index (χ0v) is 8.80. The van der Waals surface area contributed by atoms with Gasteiger partial charge in [0, 0.05) is 4.88 Å². The zero-order chi connectivity index (χ0) is 10.8. The van der Waals surface area contributed by atoms with Crippen LogP contribution in [0, 0.1) is 6.92 Å². The lowest BCUT2D eigenvalue weighted by Crippen LogP contribution is -2.34. The van der Waals surface area contributed by atoms with Crippen molar-refractivity contribution in [3.63, 3.8) is 0 Å². The van der Waals surface area contributed by atoms with Crippen molar-refractivity contribution in [2.24, 2.45) is 0 Å². The first-order valence-corrected chi connectivity index (χ1v) is 5.19. The molecule has 1 unspecified atom stereocenters. The van der Waals surface area contributed by atoms with Crippen molar-refractivity contribution < 1.29 is 13.2 Å². The van der Waals surface area contributed by atoms with E-state index in [0.29, 0.717) is 17.0 Å². The Bertz CT molecular complexity index is 292. The topological polar surface area (TPSA) is 12.0 Å². The van der Waals surface area contributed by atoms with E-state index in [4.69, 9.17) is 0 Å². The summed E-state index contributed by atoms with van der Waals surface area (Å²) in [7, 11) is 0. The lowest BCUT2D eigenvalue weighted by Gasteiger charge is -2.21. The van der Waals surface area contributed by atoms with E-state index in [1.807, 2.05) is 0 Å². The van der Waals surface area contributed by atoms with Gasteiger partial charge in [-0.2, -0.15) is 13.2 Å². The lowest BCUT2D eigenvalue weighted by atomic mass is 10.1. The van der Waals surface area contributed by atoms with Crippen LogP contribution in [0.2, 0.25) is 0 Å². The average Bonchev–Trinajstić information content (AvgIpc) is 2.45. The van der Waals surface area contributed by atoms with Crippen molar-refractivity contribution in [1.29, 1.82) is 0 Å². The van der Waals surface area contributed by atoms with Gasteiger partial charge in [-0.3, -0.25) is 0 Å². The molecule has 1 aromatic rings. The van der Waals surface area contributed by atoms with Crippen LogP contribution in [0.25, 0.3) is 0 Å². The summed E-state index contributed by atoms with van der Waals surface area (Å²) in [6.07, 6.45) is -4.22. The lowest BCUT2D eigenvalue weighted by molar-refractivity contribution is -0.157. The number of alkyl halides is 3. The van der Waals surface area contributed by atoms with Gasteiger partial charge in [0.1, 0.15) is 6.04 Å². The summed E-state index contributed by atoms with van der Waals surface area (Å²) < 4.78 is 37.8. The highest BCUT2D eigenvalue weighted by atomic mass is 32.1. The smallest absolute Gasteiger partial charge is 0.303 e. The molecule has 0 spiro atoms. The molecule has 5 heteroatoms. The van der Waals surface area contributed by atoms with Gasteiger partial charge in [-0.1, -0.05) is 6.92 Å². The Labute approximate surface area is 84.9 Å². The van der Waals surface area contributed by atoms with Crippen molar-refractivity contribution in [2.75, 3.05) is 6.54 Å². The van der Waals surface area contributed by atoms with Crippen molar-refractivity contribution in [1.82, 2.24) is 5.32 Å². The Morgan fingerprint density at radius 3 is 2.50 bits per heavy atom. The number of hydrogen-bond acceptors (Lipinski definition) is 2. The Balaban J connectivity index is 2.95. The maximum Gasteiger partial charge on any atom is 0.407 e. The maximum absolute atomic E-state index is 12.6. The molecule has 0 fully saturated rings. The van der Waals surface area contributed by atoms with Gasteiger partial charge in [-0.25, -0.2) is 0 Å². The monoisotopic (exact) mass is 223 g/mol. The molecule has 1 N–H and O–H groups in total. The quantitative estimate of drug-likeness (QED) is 0.829. The number of nitrogens with one attached hydrogen (secondary N) is 1. The minimum absolute atomic E-state index is 0.305. The molecule has 0 radical (unpaired) electrons. The SMILES string of the molecule is CCNC(c1ccsc1C)C(F)(F)F. The highest BCUT2D eigenvalue weighted by Crippen LogP contribution is 2.35. The van der Waals surface area contributed by atoms with E-state index < -0.39 is 12.2 Å². The second-order valence-corrected chi connectivity index (χ2v) is 4.08. The highest BCUT2D eigenvalue weighted by molar-refractivity contribution is 7.10. The van der Waals surface area contributed by atoms with E-state index in [-0.39, 0.29) is 0 Å². The van der Waals surface area contributed by atoms with Gasteiger partial charge in [0.25, 0.3) is 0 Å². The highest BCUT2D eigenvalue weighted by Gasteiger charge is 2.41. The summed E-state index contributed by atoms with van der Waals surface area (Å²) in [5.74, 6) is 0. The predicted octanol–water partition coefficient (Wildman–Crippen LogP) is 3.27. The summed E-state index contributed by atoms with van der Waals surface area (Å²) in [5, 5.41) is 4.13. The molecule has 0 aliphatic heterocycles. The van der Waals surface area contributed by atoms with Gasteiger partial charge >= 0.3 is 6.18 Å². The summed E-state index contributed by atoms with van der Waals surface area (Å²) in [6, 6.07) is -0.000347. The second-order valence-electron chi connectivity index (χ2n) is 2.96. The number of aryl methyl sites for hydroxylation is 1. The molecular weight excluding hydrogens is 211 g/mol. The fourth-order valence-electron chi connectivity index (χ4n) is 1.30. The van der Waals surface area contributed by atoms with Crippen LogP contribution >= 0.6 is 11.3 Å². The zero-order valence-electron chi connectivity index (χ0n) is 7.98. The van der Waals surface area contributed by atoms with E-state index in [9.17, 15) is 13.2 Å². The Morgan fingerprint density at radius 1 is 1.50 bits per heavy atom. The van der Waals surface area contributed by atoms with Crippen molar-refractivity contribution in [2.45, 2.75) is 26.1 Å². The first-order chi connectivity index (χ1) is 6.46. The van der Waals surface area contributed by atoms with Gasteiger partial charge < -0.3 is 5.32 Å². The Hall–Kier alpha value is -0.550. The van der Waals surface area contributed by atoms with Crippen LogP contribution in [0.5, 0.6) is 0 Å². The molecule has 0 aliphatic rings. The van der Waals surface area contributed by atoms with E-state index in [1.54, 1.807) is 19.2 Å². The molecule has 1 rings (SSSR count). The Kier molecular flexibility index (Phi) is 3.55. The maximum atomic E-state index is 12.6. The number of rotatable bonds is 3. The van der Waals surface area contributed by atoms with Gasteiger partial charge in [0.05, 0.1) is 0 Å². The molecule has 1 nitrogen and oxygen atoms in total. The van der Waals surface area contributed by atoms with Crippen LogP contribution in [-0.2, 0) is 0 Å². The van der Waals surface area contributed by atoms with E-state index in [1.165, 1.54) is 17.4 Å². The number of halogens is 3. The molecule has 0 saturated carbocycles. The van der Waals surface area contributed by atoms with E-state index in [2.05, 4.69) is 5.32 Å². The van der Waals surface area contributed by atoms with Gasteiger partial charge in [-0.05, 0) is 30.5 Å². The van der Waals surface area contributed by atoms with Crippen LogP contribution in [0.15, 0.2) is 11.4 Å². The van der Waals surface area contributed by atoms with Crippen LogP contribution in [0.3, 0.4) is 0 Å². The van der Waals surface area contributed by atoms with E-state index >= 15 is 0 Å². The summed E-state index contributed by atoms with van der Waals surface area (Å²) in [4.78, 5) is 0.716. The molecule has 0 amide bonds. The van der Waals surface area contributed by atoms with Crippen LogP contribution < -0.4 is 5.32 Å². The summed E-state index contributed by atoms with van der Waals surface area (Å²) in [5.41, 5.74) is 0.337. The van der Waals surface area contributed by atoms with Crippen LogP contribution in [0.1, 0.15) is 23.4 Å². The van der Waals surface area contributed by atoms with Crippen LogP contribution in [-0.4, -0.2) is 12.7 Å². The average molecular weight is 223 g/mol. The molecule has 1 atom stereocenters. The van der Waals surface area contributed by atoms with Gasteiger partial charge in [0.2, 0.25) is 0 Å². The number of hydrogen-bond donors (Lipinski definition) is 1. The van der Waals surface area contributed by atoms with Crippen molar-refractivity contribution in [3.8, 4) is 0 Å². The van der Waals surface area contributed by atoms with Crippen LogP contribution in [0.4, 0.5) is 13.2 Å². The van der Waals surface area contributed by atoms with Crippen molar-refractivity contribution >= 4 is 11.3 Å². The fraction of sp³-hybridized carbons (Fsp3) is 0.556. The normalized spacial score (nSPS) is 14.4. The first kappa shape index (κ1) is 11.5. The molecule has 80 valence electrons. The summed E-state index contributed by atoms with van der Waals surface area (Å²) in [6.45, 7) is 3.68. The minimum Gasteiger partial charge on any atom is -0.303 e. The summed E-state index contributed by atoms with van der Waals surface area (Å²) >= 11 is 1.33. The molecule has 1 heterocycles. The third-order valence-electron chi connectivity index (χ3n) is 1.95. The van der Waals surface area contributed by atoms with Gasteiger partial charge in [0.15, 0.2) is 0 Å². The van der Waals surface area contributed by atoms with E-state index in [0.717, 1.165) is 0 Å². The third-order valence-corrected chi connectivity index (χ3v) is 2.81. The fourth-order valence-corrected chi connectivity index (χ4v) is 2.04. The van der Waals surface area contributed by atoms with Crippen molar-refractivity contribution in [3.05, 3.63) is 21.9 Å². The largest absolute Gasteiger partial charge is 0.407 e. The molecule has 1 aromatic heterocycles. The number of thiophene rings is 1. The molecule has 0 aromatic carbocycles. The second kappa shape index (κ2) is 4.31. The molecule has 0 bridgehead atoms. The molecule has 14 heavy (non-hydrogen) atoms. The molecular formula is C9H12F3NS. The predicted molar refractivity (Wildman–Crippen MR) is 51.5 cm³/mol. The Morgan fingerprint density at radius 2 is 2.14 bits per heavy atom. The first-order valence-electron chi connectivity index (χ1n) is 4.31. The third kappa shape index (κ3) is 2.48. The standard InChI is InChI=1S/C9H12F3NS/c1-3-13-8(9(10,11)12)7-4-5-14-6(7)2/h4-5,8,13H,3H2,1-2H3. The molecule has 0 saturated heterocycles.